The predicted molar refractivity (Wildman–Crippen MR) is 84.9 cm³/mol. The third-order valence-corrected chi connectivity index (χ3v) is 4.73. The molecular weight excluding hydrogens is 282 g/mol. The van der Waals surface area contributed by atoms with Gasteiger partial charge < -0.3 is 0 Å². The molecule has 1 aliphatic rings. The van der Waals surface area contributed by atoms with Crippen molar-refractivity contribution in [3.63, 3.8) is 0 Å². The number of thioether (sulfide) groups is 1. The molecule has 1 atom stereocenters. The summed E-state index contributed by atoms with van der Waals surface area (Å²) in [5.41, 5.74) is 2.59. The van der Waals surface area contributed by atoms with E-state index in [4.69, 9.17) is 0 Å². The van der Waals surface area contributed by atoms with Gasteiger partial charge in [-0.1, -0.05) is 48.5 Å². The van der Waals surface area contributed by atoms with E-state index in [1.807, 2.05) is 60.7 Å². The van der Waals surface area contributed by atoms with Gasteiger partial charge in [-0.05, 0) is 17.7 Å². The fourth-order valence-electron chi connectivity index (χ4n) is 2.41. The van der Waals surface area contributed by atoms with Crippen LogP contribution in [-0.4, -0.2) is 23.2 Å². The van der Waals surface area contributed by atoms with E-state index in [1.165, 1.54) is 0 Å². The second-order valence-corrected chi connectivity index (χ2v) is 5.92. The summed E-state index contributed by atoms with van der Waals surface area (Å²) in [6, 6.07) is 19.3. The quantitative estimate of drug-likeness (QED) is 0.634. The van der Waals surface area contributed by atoms with Crippen LogP contribution in [0.15, 0.2) is 60.7 Å². The van der Waals surface area contributed by atoms with Gasteiger partial charge in [0.1, 0.15) is 0 Å². The lowest BCUT2D eigenvalue weighted by molar-refractivity contribution is -0.651. The molecule has 1 unspecified atom stereocenters. The highest BCUT2D eigenvalue weighted by Crippen LogP contribution is 2.48. The third kappa shape index (κ3) is 2.22. The lowest BCUT2D eigenvalue weighted by Crippen LogP contribution is -2.41. The second kappa shape index (κ2) is 5.31. The first-order valence-electron chi connectivity index (χ1n) is 6.57. The molecule has 4 heteroatoms. The van der Waals surface area contributed by atoms with Crippen molar-refractivity contribution in [2.24, 2.45) is 0 Å². The summed E-state index contributed by atoms with van der Waals surface area (Å²) < 4.78 is -0.334. The lowest BCUT2D eigenvalue weighted by Gasteiger charge is -2.20. The molecule has 0 N–H and O–H groups in total. The van der Waals surface area contributed by atoms with Crippen molar-refractivity contribution < 1.29 is 14.1 Å². The van der Waals surface area contributed by atoms with Crippen LogP contribution in [0.5, 0.6) is 0 Å². The van der Waals surface area contributed by atoms with Crippen LogP contribution < -0.4 is 0 Å². The highest BCUT2D eigenvalue weighted by molar-refractivity contribution is 8.21. The summed E-state index contributed by atoms with van der Waals surface area (Å²) >= 11 is 1.13. The molecule has 2 aromatic rings. The Kier molecular flexibility index (Phi) is 3.49. The first-order valence-corrected chi connectivity index (χ1v) is 7.39. The van der Waals surface area contributed by atoms with Crippen LogP contribution in [0.25, 0.3) is 10.6 Å². The molecule has 0 saturated carbocycles. The van der Waals surface area contributed by atoms with E-state index in [1.54, 1.807) is 7.05 Å². The average Bonchev–Trinajstić information content (AvgIpc) is 2.81. The zero-order valence-electron chi connectivity index (χ0n) is 11.5. The number of benzene rings is 2. The molecule has 0 spiro atoms. The Morgan fingerprint density at radius 3 is 1.95 bits per heavy atom. The van der Waals surface area contributed by atoms with Crippen LogP contribution in [0.1, 0.15) is 11.1 Å². The smallest absolute Gasteiger partial charge is 0.233 e. The van der Waals surface area contributed by atoms with Crippen molar-refractivity contribution in [1.29, 1.82) is 0 Å². The van der Waals surface area contributed by atoms with Gasteiger partial charge in [-0.3, -0.25) is 0 Å². The zero-order chi connectivity index (χ0) is 14.9. The molecule has 1 heterocycles. The highest BCUT2D eigenvalue weighted by atomic mass is 32.2. The minimum atomic E-state index is -0.334. The number of carbonyl (C=O) groups excluding carboxylic acids is 2. The number of nitrogens with zero attached hydrogens (tertiary/aromatic N) is 1. The van der Waals surface area contributed by atoms with E-state index >= 15 is 0 Å². The predicted octanol–water partition coefficient (Wildman–Crippen LogP) is 3.98. The number of imide groups is 1. The number of rotatable bonds is 3. The third-order valence-electron chi connectivity index (χ3n) is 3.54. The van der Waals surface area contributed by atoms with Crippen LogP contribution >= 0.6 is 11.8 Å². The van der Waals surface area contributed by atoms with Crippen LogP contribution in [-0.2, 0) is 4.79 Å². The van der Waals surface area contributed by atoms with Gasteiger partial charge in [0.05, 0.1) is 12.0 Å². The van der Waals surface area contributed by atoms with Crippen LogP contribution in [0, 0.1) is 0 Å². The van der Waals surface area contributed by atoms with E-state index in [-0.39, 0.29) is 9.72 Å². The van der Waals surface area contributed by atoms with E-state index in [9.17, 15) is 9.59 Å². The van der Waals surface area contributed by atoms with Gasteiger partial charge in [-0.2, -0.15) is 4.48 Å². The largest absolute Gasteiger partial charge is 0.392 e. The average molecular weight is 296 g/mol. The molecule has 104 valence electrons. The van der Waals surface area contributed by atoms with Crippen molar-refractivity contribution in [3.05, 3.63) is 71.8 Å². The summed E-state index contributed by atoms with van der Waals surface area (Å²) in [6.45, 7) is 0. The van der Waals surface area contributed by atoms with Gasteiger partial charge in [0.2, 0.25) is 0 Å². The summed E-state index contributed by atoms with van der Waals surface area (Å²) in [7, 11) is 1.64. The Balaban J connectivity index is 2.27. The first kappa shape index (κ1) is 13.8. The summed E-state index contributed by atoms with van der Waals surface area (Å²) in [5.74, 6) is 0. The summed E-state index contributed by atoms with van der Waals surface area (Å²) in [5, 5.41) is -0.178. The standard InChI is InChI=1S/C17H14NO2S/c1-18(12-19)15(13-8-4-2-5-9-13)16(21-17(18)20)14-10-6-3-7-11-14/h2-12H,1H3/q+1. The minimum absolute atomic E-state index is 0.178. The SMILES string of the molecule is C[N+]1(C=O)C(=O)SC(c2ccccc2)=C1c1ccccc1. The zero-order valence-corrected chi connectivity index (χ0v) is 12.3. The Morgan fingerprint density at radius 2 is 1.43 bits per heavy atom. The van der Waals surface area contributed by atoms with E-state index in [0.717, 1.165) is 33.5 Å². The molecule has 21 heavy (non-hydrogen) atoms. The lowest BCUT2D eigenvalue weighted by atomic mass is 10.1. The van der Waals surface area contributed by atoms with E-state index in [0.29, 0.717) is 6.41 Å². The molecule has 0 aliphatic carbocycles. The number of carbonyl (C=O) groups is 2. The van der Waals surface area contributed by atoms with Crippen LogP contribution in [0.3, 0.4) is 0 Å². The Hall–Kier alpha value is -2.17. The van der Waals surface area contributed by atoms with Crippen molar-refractivity contribution >= 4 is 34.0 Å². The molecule has 0 saturated heterocycles. The van der Waals surface area contributed by atoms with Gasteiger partial charge in [0, 0.05) is 17.3 Å². The Morgan fingerprint density at radius 1 is 0.905 bits per heavy atom. The topological polar surface area (TPSA) is 34.1 Å². The molecule has 1 aliphatic heterocycles. The van der Waals surface area contributed by atoms with E-state index in [2.05, 4.69) is 0 Å². The van der Waals surface area contributed by atoms with Gasteiger partial charge >= 0.3 is 11.6 Å². The maximum atomic E-state index is 12.4. The maximum absolute atomic E-state index is 12.4. The molecule has 2 amide bonds. The maximum Gasteiger partial charge on any atom is 0.392 e. The molecular formula is C17H14NO2S+. The number of quaternary nitrogens is 1. The monoisotopic (exact) mass is 296 g/mol. The molecule has 0 fully saturated rings. The van der Waals surface area contributed by atoms with Crippen LogP contribution in [0.2, 0.25) is 0 Å². The molecule has 0 radical (unpaired) electrons. The van der Waals surface area contributed by atoms with Gasteiger partial charge in [0.25, 0.3) is 0 Å². The van der Waals surface area contributed by atoms with Gasteiger partial charge in [0.15, 0.2) is 5.70 Å². The summed E-state index contributed by atoms with van der Waals surface area (Å²) in [6.07, 6.45) is 0.702. The van der Waals surface area contributed by atoms with Gasteiger partial charge in [-0.15, -0.1) is 0 Å². The Labute approximate surface area is 127 Å². The van der Waals surface area contributed by atoms with Crippen molar-refractivity contribution in [2.45, 2.75) is 0 Å². The van der Waals surface area contributed by atoms with Gasteiger partial charge in [-0.25, -0.2) is 9.59 Å². The molecule has 0 aromatic heterocycles. The minimum Gasteiger partial charge on any atom is -0.233 e. The molecule has 3 nitrogen and oxygen atoms in total. The van der Waals surface area contributed by atoms with Crippen LogP contribution in [0.4, 0.5) is 4.79 Å². The fraction of sp³-hybridized carbons (Fsp3) is 0.0588. The van der Waals surface area contributed by atoms with Crippen molar-refractivity contribution in [2.75, 3.05) is 7.05 Å². The fourth-order valence-corrected chi connectivity index (χ4v) is 3.57. The normalized spacial score (nSPS) is 21.7. The van der Waals surface area contributed by atoms with E-state index < -0.39 is 0 Å². The molecule has 3 rings (SSSR count). The number of amides is 2. The summed E-state index contributed by atoms with van der Waals surface area (Å²) in [4.78, 5) is 24.8. The first-order chi connectivity index (χ1) is 10.2. The second-order valence-electron chi connectivity index (χ2n) is 4.96. The number of hydrogen-bond acceptors (Lipinski definition) is 3. The molecule has 2 aromatic carbocycles. The highest BCUT2D eigenvalue weighted by Gasteiger charge is 2.48. The van der Waals surface area contributed by atoms with Crippen molar-refractivity contribution in [3.8, 4) is 0 Å². The molecule has 0 bridgehead atoms. The van der Waals surface area contributed by atoms with Crippen molar-refractivity contribution in [1.82, 2.24) is 0 Å². The Bertz CT molecular complexity index is 725. The number of hydrogen-bond donors (Lipinski definition) is 0.